The van der Waals surface area contributed by atoms with Crippen LogP contribution >= 0.6 is 0 Å². The minimum atomic E-state index is -4.39. The lowest BCUT2D eigenvalue weighted by molar-refractivity contribution is -0.137. The van der Waals surface area contributed by atoms with E-state index in [1.54, 1.807) is 18.2 Å². The average molecular weight is 500 g/mol. The largest absolute Gasteiger partial charge is 0.416 e. The van der Waals surface area contributed by atoms with E-state index in [0.717, 1.165) is 25.0 Å². The molecule has 0 unspecified atom stereocenters. The number of amides is 1. The topological polar surface area (TPSA) is 44.4 Å². The monoisotopic (exact) mass is 499 g/mol. The van der Waals surface area contributed by atoms with Crippen LogP contribution in [-0.4, -0.2) is 31.3 Å². The lowest BCUT2D eigenvalue weighted by Crippen LogP contribution is -2.33. The smallest absolute Gasteiger partial charge is 0.381 e. The van der Waals surface area contributed by atoms with E-state index in [2.05, 4.69) is 10.6 Å². The zero-order valence-electron chi connectivity index (χ0n) is 20.4. The summed E-state index contributed by atoms with van der Waals surface area (Å²) in [5.41, 5.74) is 1.62. The summed E-state index contributed by atoms with van der Waals surface area (Å²) in [5, 5.41) is 5.68. The predicted molar refractivity (Wildman–Crippen MR) is 131 cm³/mol. The van der Waals surface area contributed by atoms with Crippen LogP contribution in [-0.2, 0) is 17.5 Å². The minimum Gasteiger partial charge on any atom is -0.381 e. The van der Waals surface area contributed by atoms with Crippen LogP contribution in [0.5, 0.6) is 0 Å². The van der Waals surface area contributed by atoms with Gasteiger partial charge in [0.2, 0.25) is 6.17 Å². The predicted octanol–water partition coefficient (Wildman–Crippen LogP) is 7.36. The third kappa shape index (κ3) is 8.40. The molecule has 194 valence electrons. The number of benzene rings is 2. The highest BCUT2D eigenvalue weighted by Crippen LogP contribution is 2.31. The number of hydrogen-bond donors (Lipinski definition) is 2. The van der Waals surface area contributed by atoms with E-state index in [4.69, 9.17) is 0 Å². The molecule has 0 saturated carbocycles. The standard InChI is InChI=1S/C26H34F5N3O/c1-4-7-8-9-21(27)24(28)25(35)33-22-15-14-20(16-23(22)34(5-2)6-3)32-17-18-10-12-19(13-11-18)26(29,30)31/h10-16,21,24,32H,4-9,17H2,1-3H3,(H,33,35)/t21-,24-/m0/s1. The third-order valence-electron chi connectivity index (χ3n) is 5.79. The molecule has 0 radical (unpaired) electrons. The van der Waals surface area contributed by atoms with Gasteiger partial charge in [0, 0.05) is 25.3 Å². The van der Waals surface area contributed by atoms with Gasteiger partial charge in [-0.1, -0.05) is 38.3 Å². The van der Waals surface area contributed by atoms with E-state index in [0.29, 0.717) is 42.1 Å². The maximum Gasteiger partial charge on any atom is 0.416 e. The molecule has 35 heavy (non-hydrogen) atoms. The van der Waals surface area contributed by atoms with Crippen molar-refractivity contribution in [3.05, 3.63) is 53.6 Å². The fourth-order valence-corrected chi connectivity index (χ4v) is 3.69. The number of carbonyl (C=O) groups excluding carboxylic acids is 1. The lowest BCUT2D eigenvalue weighted by Gasteiger charge is -2.26. The summed E-state index contributed by atoms with van der Waals surface area (Å²) in [6.45, 7) is 7.34. The van der Waals surface area contributed by atoms with Gasteiger partial charge in [0.1, 0.15) is 6.17 Å². The van der Waals surface area contributed by atoms with Gasteiger partial charge in [-0.2, -0.15) is 13.2 Å². The Kier molecular flexibility index (Phi) is 10.8. The van der Waals surface area contributed by atoms with Gasteiger partial charge in [-0.05, 0) is 56.2 Å². The molecule has 0 aromatic heterocycles. The van der Waals surface area contributed by atoms with Crippen molar-refractivity contribution < 1.29 is 26.7 Å². The van der Waals surface area contributed by atoms with Crippen LogP contribution in [0.3, 0.4) is 0 Å². The Balaban J connectivity index is 2.13. The molecule has 1 amide bonds. The fourth-order valence-electron chi connectivity index (χ4n) is 3.69. The Morgan fingerprint density at radius 2 is 1.63 bits per heavy atom. The maximum absolute atomic E-state index is 14.4. The van der Waals surface area contributed by atoms with Crippen molar-refractivity contribution in [2.24, 2.45) is 0 Å². The van der Waals surface area contributed by atoms with Crippen LogP contribution in [0.4, 0.5) is 39.0 Å². The first-order chi connectivity index (χ1) is 16.6. The summed E-state index contributed by atoms with van der Waals surface area (Å²) < 4.78 is 66.8. The van der Waals surface area contributed by atoms with Crippen molar-refractivity contribution in [1.29, 1.82) is 0 Å². The number of rotatable bonds is 13. The molecular weight excluding hydrogens is 465 g/mol. The van der Waals surface area contributed by atoms with E-state index < -0.39 is 30.0 Å². The van der Waals surface area contributed by atoms with Gasteiger partial charge in [-0.3, -0.25) is 4.79 Å². The Morgan fingerprint density at radius 1 is 0.971 bits per heavy atom. The number of halogens is 5. The van der Waals surface area contributed by atoms with Crippen molar-refractivity contribution in [2.75, 3.05) is 28.6 Å². The van der Waals surface area contributed by atoms with Gasteiger partial charge < -0.3 is 15.5 Å². The van der Waals surface area contributed by atoms with Crippen molar-refractivity contribution in [3.63, 3.8) is 0 Å². The number of nitrogens with zero attached hydrogens (tertiary/aromatic N) is 1. The van der Waals surface area contributed by atoms with Crippen molar-refractivity contribution in [1.82, 2.24) is 0 Å². The normalized spacial score (nSPS) is 13.3. The number of carbonyl (C=O) groups is 1. The summed E-state index contributed by atoms with van der Waals surface area (Å²) in [6, 6.07) is 9.94. The average Bonchev–Trinajstić information content (AvgIpc) is 2.84. The lowest BCUT2D eigenvalue weighted by atomic mass is 10.1. The van der Waals surface area contributed by atoms with E-state index in [-0.39, 0.29) is 13.0 Å². The number of hydrogen-bond acceptors (Lipinski definition) is 3. The van der Waals surface area contributed by atoms with Crippen LogP contribution in [0.15, 0.2) is 42.5 Å². The molecule has 0 aliphatic carbocycles. The second kappa shape index (κ2) is 13.3. The highest BCUT2D eigenvalue weighted by atomic mass is 19.4. The second-order valence-corrected chi connectivity index (χ2v) is 8.36. The molecule has 2 N–H and O–H groups in total. The fraction of sp³-hybridized carbons (Fsp3) is 0.500. The summed E-state index contributed by atoms with van der Waals surface area (Å²) >= 11 is 0. The summed E-state index contributed by atoms with van der Waals surface area (Å²) in [5.74, 6) is -1.02. The van der Waals surface area contributed by atoms with Gasteiger partial charge in [0.25, 0.3) is 5.91 Å². The Morgan fingerprint density at radius 3 is 2.20 bits per heavy atom. The van der Waals surface area contributed by atoms with Gasteiger partial charge in [0.05, 0.1) is 16.9 Å². The summed E-state index contributed by atoms with van der Waals surface area (Å²) in [6.07, 6.45) is -6.32. The highest BCUT2D eigenvalue weighted by molar-refractivity contribution is 5.98. The number of anilines is 3. The van der Waals surface area contributed by atoms with Crippen molar-refractivity contribution >= 4 is 23.0 Å². The molecule has 0 bridgehead atoms. The van der Waals surface area contributed by atoms with Crippen LogP contribution in [0.2, 0.25) is 0 Å². The van der Waals surface area contributed by atoms with Crippen LogP contribution in [0, 0.1) is 0 Å². The van der Waals surface area contributed by atoms with E-state index in [1.165, 1.54) is 12.1 Å². The first-order valence-corrected chi connectivity index (χ1v) is 12.0. The molecule has 0 aliphatic heterocycles. The van der Waals surface area contributed by atoms with Gasteiger partial charge in [0.15, 0.2) is 0 Å². The molecule has 2 atom stereocenters. The zero-order chi connectivity index (χ0) is 26.0. The Bertz CT molecular complexity index is 930. The Hall–Kier alpha value is -2.84. The highest BCUT2D eigenvalue weighted by Gasteiger charge is 2.30. The van der Waals surface area contributed by atoms with E-state index in [1.807, 2.05) is 25.7 Å². The van der Waals surface area contributed by atoms with Crippen LogP contribution in [0.25, 0.3) is 0 Å². The zero-order valence-corrected chi connectivity index (χ0v) is 20.4. The first kappa shape index (κ1) is 28.4. The molecule has 0 heterocycles. The molecule has 2 aromatic rings. The number of alkyl halides is 5. The SMILES string of the molecule is CCCCC[C@H](F)[C@H](F)C(=O)Nc1ccc(NCc2ccc(C(F)(F)F)cc2)cc1N(CC)CC. The summed E-state index contributed by atoms with van der Waals surface area (Å²) in [4.78, 5) is 14.4. The summed E-state index contributed by atoms with van der Waals surface area (Å²) in [7, 11) is 0. The Labute approximate surface area is 203 Å². The molecular formula is C26H34F5N3O. The van der Waals surface area contributed by atoms with Crippen molar-refractivity contribution in [3.8, 4) is 0 Å². The van der Waals surface area contributed by atoms with Crippen LogP contribution < -0.4 is 15.5 Å². The molecule has 0 saturated heterocycles. The third-order valence-corrected chi connectivity index (χ3v) is 5.79. The second-order valence-electron chi connectivity index (χ2n) is 8.36. The first-order valence-electron chi connectivity index (χ1n) is 12.0. The molecule has 2 aromatic carbocycles. The van der Waals surface area contributed by atoms with Crippen molar-refractivity contribution in [2.45, 2.75) is 71.5 Å². The minimum absolute atomic E-state index is 0.00185. The van der Waals surface area contributed by atoms with Gasteiger partial charge in [-0.15, -0.1) is 0 Å². The number of nitrogens with one attached hydrogen (secondary N) is 2. The molecule has 2 rings (SSSR count). The molecule has 0 aliphatic rings. The van der Waals surface area contributed by atoms with Crippen LogP contribution in [0.1, 0.15) is 57.6 Å². The van der Waals surface area contributed by atoms with E-state index in [9.17, 15) is 26.7 Å². The van der Waals surface area contributed by atoms with Gasteiger partial charge >= 0.3 is 6.18 Å². The molecule has 0 spiro atoms. The number of unbranched alkanes of at least 4 members (excludes halogenated alkanes) is 2. The van der Waals surface area contributed by atoms with Gasteiger partial charge in [-0.25, -0.2) is 8.78 Å². The maximum atomic E-state index is 14.4. The van der Waals surface area contributed by atoms with E-state index >= 15 is 0 Å². The molecule has 4 nitrogen and oxygen atoms in total. The molecule has 0 fully saturated rings. The quantitative estimate of drug-likeness (QED) is 0.224. The molecule has 9 heteroatoms.